The Hall–Kier alpha value is -1.63. The molecule has 0 aliphatic carbocycles. The molecule has 1 amide bonds. The lowest BCUT2D eigenvalue weighted by Gasteiger charge is -2.29. The van der Waals surface area contributed by atoms with Crippen LogP contribution in [-0.4, -0.2) is 42.8 Å². The number of amides is 1. The molecule has 0 aromatic carbocycles. The Kier molecular flexibility index (Phi) is 5.38. The smallest absolute Gasteiger partial charge is 0.409 e. The minimum absolute atomic E-state index is 0.179. The lowest BCUT2D eigenvalue weighted by Crippen LogP contribution is -2.40. The van der Waals surface area contributed by atoms with Gasteiger partial charge in [-0.3, -0.25) is 4.98 Å². The summed E-state index contributed by atoms with van der Waals surface area (Å²) in [6, 6.07) is 7.66. The second-order valence-electron chi connectivity index (χ2n) is 5.91. The molecule has 1 aliphatic rings. The van der Waals surface area contributed by atoms with Crippen LogP contribution in [0.2, 0.25) is 4.34 Å². The first kappa shape index (κ1) is 17.2. The third-order valence-electron chi connectivity index (χ3n) is 3.80. The molecule has 0 N–H and O–H groups in total. The van der Waals surface area contributed by atoms with Crippen LogP contribution in [0.25, 0.3) is 10.6 Å². The molecule has 5 nitrogen and oxygen atoms in total. The Labute approximate surface area is 150 Å². The van der Waals surface area contributed by atoms with Gasteiger partial charge >= 0.3 is 6.09 Å². The molecule has 3 heterocycles. The van der Waals surface area contributed by atoms with Crippen molar-refractivity contribution in [1.29, 1.82) is 0 Å². The number of aryl methyl sites for hydroxylation is 1. The number of pyridine rings is 1. The second-order valence-corrected chi connectivity index (χ2v) is 7.59. The van der Waals surface area contributed by atoms with E-state index in [9.17, 15) is 4.79 Å². The number of hydrogen-bond acceptors (Lipinski definition) is 5. The predicted molar refractivity (Wildman–Crippen MR) is 94.4 cm³/mol. The van der Waals surface area contributed by atoms with Gasteiger partial charge in [0, 0.05) is 30.8 Å². The first-order valence-electron chi connectivity index (χ1n) is 7.71. The zero-order chi connectivity index (χ0) is 17.1. The van der Waals surface area contributed by atoms with Crippen LogP contribution in [0.4, 0.5) is 4.79 Å². The summed E-state index contributed by atoms with van der Waals surface area (Å²) < 4.78 is 11.2. The van der Waals surface area contributed by atoms with Gasteiger partial charge in [0.25, 0.3) is 0 Å². The van der Waals surface area contributed by atoms with Gasteiger partial charge in [-0.2, -0.15) is 0 Å². The van der Waals surface area contributed by atoms with Crippen LogP contribution in [-0.2, 0) is 16.1 Å². The van der Waals surface area contributed by atoms with E-state index in [2.05, 4.69) is 4.98 Å². The Morgan fingerprint density at radius 3 is 2.96 bits per heavy atom. The van der Waals surface area contributed by atoms with Gasteiger partial charge in [0.15, 0.2) is 0 Å². The zero-order valence-corrected chi connectivity index (χ0v) is 15.2. The zero-order valence-electron chi connectivity index (χ0n) is 13.6. The number of carbonyl (C=O) groups is 1. The fourth-order valence-corrected chi connectivity index (χ4v) is 3.72. The molecule has 0 bridgehead atoms. The average molecular weight is 367 g/mol. The Morgan fingerprint density at radius 1 is 1.50 bits per heavy atom. The summed E-state index contributed by atoms with van der Waals surface area (Å²) in [6.45, 7) is 4.19. The van der Waals surface area contributed by atoms with Gasteiger partial charge in [0.2, 0.25) is 0 Å². The number of thiophene rings is 1. The number of rotatable bonds is 5. The van der Waals surface area contributed by atoms with Gasteiger partial charge in [-0.15, -0.1) is 11.3 Å². The first-order valence-corrected chi connectivity index (χ1v) is 8.90. The van der Waals surface area contributed by atoms with Gasteiger partial charge in [-0.1, -0.05) is 17.7 Å². The maximum absolute atomic E-state index is 12.1. The summed E-state index contributed by atoms with van der Waals surface area (Å²) in [5.41, 5.74) is 2.65. The van der Waals surface area contributed by atoms with Crippen molar-refractivity contribution in [1.82, 2.24) is 9.88 Å². The molecule has 1 aliphatic heterocycles. The normalized spacial score (nSPS) is 14.3. The number of carbonyl (C=O) groups excluding carboxylic acids is 1. The van der Waals surface area contributed by atoms with Crippen molar-refractivity contribution in [3.63, 3.8) is 0 Å². The highest BCUT2D eigenvalue weighted by atomic mass is 35.5. The molecule has 0 unspecified atom stereocenters. The Bertz CT molecular complexity index is 730. The molecule has 1 saturated heterocycles. The topological polar surface area (TPSA) is 51.7 Å². The number of ether oxygens (including phenoxy) is 2. The first-order chi connectivity index (χ1) is 11.5. The largest absolute Gasteiger partial charge is 0.444 e. The molecule has 0 radical (unpaired) electrons. The van der Waals surface area contributed by atoms with Gasteiger partial charge in [-0.25, -0.2) is 4.79 Å². The second kappa shape index (κ2) is 7.51. The molecule has 128 valence electrons. The molecule has 1 fully saturated rings. The van der Waals surface area contributed by atoms with Crippen LogP contribution in [0.15, 0.2) is 24.3 Å². The van der Waals surface area contributed by atoms with Crippen molar-refractivity contribution < 1.29 is 14.3 Å². The maximum atomic E-state index is 12.1. The van der Waals surface area contributed by atoms with Crippen molar-refractivity contribution in [3.8, 4) is 10.6 Å². The van der Waals surface area contributed by atoms with Crippen molar-refractivity contribution in [2.45, 2.75) is 13.5 Å². The van der Waals surface area contributed by atoms with E-state index in [0.29, 0.717) is 30.0 Å². The lowest BCUT2D eigenvalue weighted by molar-refractivity contribution is -0.0430. The minimum Gasteiger partial charge on any atom is -0.444 e. The number of halogens is 1. The minimum atomic E-state index is -0.340. The van der Waals surface area contributed by atoms with E-state index in [4.69, 9.17) is 21.1 Å². The SMILES string of the molecule is Cc1cccc(-c2sc(Cl)cc2COC(=O)N(C)CC2COC2)n1. The summed E-state index contributed by atoms with van der Waals surface area (Å²) in [5.74, 6) is 0.408. The molecule has 24 heavy (non-hydrogen) atoms. The third kappa shape index (κ3) is 4.06. The van der Waals surface area contributed by atoms with E-state index in [1.165, 1.54) is 11.3 Å². The number of hydrogen-bond donors (Lipinski definition) is 0. The third-order valence-corrected chi connectivity index (χ3v) is 5.13. The van der Waals surface area contributed by atoms with Gasteiger partial charge in [0.05, 0.1) is 28.1 Å². The molecule has 0 atom stereocenters. The fraction of sp³-hybridized carbons (Fsp3) is 0.412. The predicted octanol–water partition coefficient (Wildman–Crippen LogP) is 3.99. The van der Waals surface area contributed by atoms with E-state index in [1.807, 2.05) is 31.2 Å². The van der Waals surface area contributed by atoms with Crippen LogP contribution < -0.4 is 0 Å². The highest BCUT2D eigenvalue weighted by Crippen LogP contribution is 2.35. The van der Waals surface area contributed by atoms with Crippen LogP contribution in [0.1, 0.15) is 11.3 Å². The molecular formula is C17H19ClN2O3S. The standard InChI is InChI=1S/C17H19ClN2O3S/c1-11-4-3-5-14(19-11)16-13(6-15(18)24-16)10-23-17(21)20(2)7-12-8-22-9-12/h3-6,12H,7-10H2,1-2H3. The quantitative estimate of drug-likeness (QED) is 0.802. The van der Waals surface area contributed by atoms with E-state index >= 15 is 0 Å². The molecule has 7 heteroatoms. The highest BCUT2D eigenvalue weighted by Gasteiger charge is 2.23. The van der Waals surface area contributed by atoms with Gasteiger partial charge in [0.1, 0.15) is 6.61 Å². The fourth-order valence-electron chi connectivity index (χ4n) is 2.49. The molecule has 2 aromatic rings. The number of nitrogens with zero attached hydrogens (tertiary/aromatic N) is 2. The monoisotopic (exact) mass is 366 g/mol. The van der Waals surface area contributed by atoms with E-state index in [0.717, 1.165) is 21.8 Å². The van der Waals surface area contributed by atoms with Crippen molar-refractivity contribution in [3.05, 3.63) is 39.9 Å². The van der Waals surface area contributed by atoms with Crippen molar-refractivity contribution >= 4 is 29.0 Å². The Morgan fingerprint density at radius 2 is 2.29 bits per heavy atom. The summed E-state index contributed by atoms with van der Waals surface area (Å²) in [5, 5.41) is 0. The molecule has 3 rings (SSSR count). The molecule has 0 saturated carbocycles. The lowest BCUT2D eigenvalue weighted by atomic mass is 10.1. The van der Waals surface area contributed by atoms with Crippen LogP contribution in [0, 0.1) is 12.8 Å². The maximum Gasteiger partial charge on any atom is 0.409 e. The Balaban J connectivity index is 1.65. The highest BCUT2D eigenvalue weighted by molar-refractivity contribution is 7.19. The summed E-state index contributed by atoms with van der Waals surface area (Å²) >= 11 is 7.60. The summed E-state index contributed by atoms with van der Waals surface area (Å²) in [6.07, 6.45) is -0.340. The molecular weight excluding hydrogens is 348 g/mol. The molecule has 0 spiro atoms. The number of aromatic nitrogens is 1. The van der Waals surface area contributed by atoms with Crippen LogP contribution in [0.3, 0.4) is 0 Å². The van der Waals surface area contributed by atoms with Crippen molar-refractivity contribution in [2.75, 3.05) is 26.8 Å². The van der Waals surface area contributed by atoms with Gasteiger partial charge < -0.3 is 14.4 Å². The summed E-state index contributed by atoms with van der Waals surface area (Å²) in [7, 11) is 1.74. The van der Waals surface area contributed by atoms with E-state index < -0.39 is 0 Å². The van der Waals surface area contributed by atoms with Crippen LogP contribution in [0.5, 0.6) is 0 Å². The molecule has 2 aromatic heterocycles. The summed E-state index contributed by atoms with van der Waals surface area (Å²) in [4.78, 5) is 19.2. The van der Waals surface area contributed by atoms with Crippen molar-refractivity contribution in [2.24, 2.45) is 5.92 Å². The van der Waals surface area contributed by atoms with E-state index in [-0.39, 0.29) is 12.7 Å². The van der Waals surface area contributed by atoms with Gasteiger partial charge in [-0.05, 0) is 25.1 Å². The van der Waals surface area contributed by atoms with Crippen LogP contribution >= 0.6 is 22.9 Å². The van der Waals surface area contributed by atoms with E-state index in [1.54, 1.807) is 11.9 Å². The average Bonchev–Trinajstić information content (AvgIpc) is 2.89.